The van der Waals surface area contributed by atoms with Gasteiger partial charge in [-0.05, 0) is 45.8 Å². The van der Waals surface area contributed by atoms with Crippen molar-refractivity contribution in [2.45, 2.75) is 32.2 Å². The fourth-order valence-corrected chi connectivity index (χ4v) is 5.18. The van der Waals surface area contributed by atoms with Gasteiger partial charge in [-0.3, -0.25) is 0 Å². The molecule has 124 valence electrons. The van der Waals surface area contributed by atoms with Crippen molar-refractivity contribution in [3.05, 3.63) is 0 Å². The number of hydrogen-bond acceptors (Lipinski definition) is 4. The van der Waals surface area contributed by atoms with Gasteiger partial charge in [-0.2, -0.15) is 17.0 Å². The molecule has 2 fully saturated rings. The molecule has 2 atom stereocenters. The van der Waals surface area contributed by atoms with E-state index < -0.39 is 10.2 Å². The molecular weight excluding hydrogens is 288 g/mol. The summed E-state index contributed by atoms with van der Waals surface area (Å²) < 4.78 is 29.1. The summed E-state index contributed by atoms with van der Waals surface area (Å²) in [6, 6.07) is 0.339. The average molecular weight is 318 g/mol. The molecule has 0 bridgehead atoms. The van der Waals surface area contributed by atoms with Crippen molar-refractivity contribution in [1.29, 1.82) is 0 Å². The zero-order chi connectivity index (χ0) is 15.5. The lowest BCUT2D eigenvalue weighted by molar-refractivity contribution is 0.135. The first-order valence-corrected chi connectivity index (χ1v) is 9.48. The third-order valence-corrected chi connectivity index (χ3v) is 6.81. The molecule has 0 aromatic carbocycles. The largest absolute Gasteiger partial charge is 0.319 e. The van der Waals surface area contributed by atoms with Crippen LogP contribution in [0.4, 0.5) is 0 Å². The Labute approximate surface area is 129 Å². The molecule has 2 aliphatic heterocycles. The highest BCUT2D eigenvalue weighted by Crippen LogP contribution is 2.23. The fourth-order valence-electron chi connectivity index (χ4n) is 3.42. The molecule has 0 aromatic rings. The Morgan fingerprint density at radius 3 is 2.52 bits per heavy atom. The normalized spacial score (nSPS) is 30.6. The third kappa shape index (κ3) is 3.96. The Morgan fingerprint density at radius 2 is 1.86 bits per heavy atom. The van der Waals surface area contributed by atoms with Crippen LogP contribution in [0.2, 0.25) is 0 Å². The van der Waals surface area contributed by atoms with E-state index in [0.717, 1.165) is 32.4 Å². The lowest BCUT2D eigenvalue weighted by atomic mass is 10.00. The van der Waals surface area contributed by atoms with Crippen LogP contribution in [0.5, 0.6) is 0 Å². The van der Waals surface area contributed by atoms with E-state index in [-0.39, 0.29) is 0 Å². The number of nitrogens with one attached hydrogen (secondary N) is 1. The number of piperazine rings is 1. The van der Waals surface area contributed by atoms with Crippen LogP contribution in [0.3, 0.4) is 0 Å². The average Bonchev–Trinajstić information content (AvgIpc) is 2.48. The van der Waals surface area contributed by atoms with E-state index in [1.54, 1.807) is 8.61 Å². The first kappa shape index (κ1) is 17.1. The van der Waals surface area contributed by atoms with Crippen molar-refractivity contribution >= 4 is 10.2 Å². The van der Waals surface area contributed by atoms with E-state index in [2.05, 4.69) is 24.2 Å². The molecule has 1 N–H and O–H groups in total. The standard InChI is InChI=1S/C14H30N4O2S/c1-4-14-12-18(9-8-16(14)3)21(19,20)17-7-5-6-13(11-17)10-15-2/h13-15H,4-12H2,1-3H3. The molecule has 2 heterocycles. The fraction of sp³-hybridized carbons (Fsp3) is 1.00. The minimum atomic E-state index is -3.29. The summed E-state index contributed by atoms with van der Waals surface area (Å²) in [4.78, 5) is 2.27. The van der Waals surface area contributed by atoms with Gasteiger partial charge in [-0.1, -0.05) is 6.92 Å². The SMILES string of the molecule is CCC1CN(S(=O)(=O)N2CCCC(CNC)C2)CCN1C. The van der Waals surface area contributed by atoms with E-state index >= 15 is 0 Å². The highest BCUT2D eigenvalue weighted by Gasteiger charge is 2.36. The van der Waals surface area contributed by atoms with E-state index in [1.165, 1.54) is 0 Å². The topological polar surface area (TPSA) is 55.9 Å². The predicted molar refractivity (Wildman–Crippen MR) is 85.4 cm³/mol. The van der Waals surface area contributed by atoms with Crippen molar-refractivity contribution in [3.8, 4) is 0 Å². The molecule has 0 spiro atoms. The van der Waals surface area contributed by atoms with Crippen LogP contribution in [-0.2, 0) is 10.2 Å². The monoisotopic (exact) mass is 318 g/mol. The number of rotatable bonds is 5. The summed E-state index contributed by atoms with van der Waals surface area (Å²) in [6.45, 7) is 6.42. The number of nitrogens with zero attached hydrogens (tertiary/aromatic N) is 3. The van der Waals surface area contributed by atoms with Crippen molar-refractivity contribution in [1.82, 2.24) is 18.8 Å². The summed E-state index contributed by atoms with van der Waals surface area (Å²) >= 11 is 0. The van der Waals surface area contributed by atoms with Crippen molar-refractivity contribution in [2.24, 2.45) is 5.92 Å². The van der Waals surface area contributed by atoms with Crippen LogP contribution in [0.25, 0.3) is 0 Å². The van der Waals surface area contributed by atoms with Gasteiger partial charge in [0.05, 0.1) is 0 Å². The first-order chi connectivity index (χ1) is 9.98. The van der Waals surface area contributed by atoms with E-state index in [1.807, 2.05) is 7.05 Å². The quantitative estimate of drug-likeness (QED) is 0.786. The maximum Gasteiger partial charge on any atom is 0.282 e. The molecule has 2 unspecified atom stereocenters. The predicted octanol–water partition coefficient (Wildman–Crippen LogP) is 0.189. The minimum Gasteiger partial charge on any atom is -0.319 e. The van der Waals surface area contributed by atoms with E-state index in [0.29, 0.717) is 38.1 Å². The van der Waals surface area contributed by atoms with Crippen LogP contribution in [-0.4, -0.2) is 81.3 Å². The maximum atomic E-state index is 12.9. The van der Waals surface area contributed by atoms with Crippen LogP contribution >= 0.6 is 0 Å². The summed E-state index contributed by atoms with van der Waals surface area (Å²) in [5.74, 6) is 0.438. The lowest BCUT2D eigenvalue weighted by Gasteiger charge is -2.41. The Balaban J connectivity index is 2.03. The summed E-state index contributed by atoms with van der Waals surface area (Å²) in [7, 11) is 0.725. The minimum absolute atomic E-state index is 0.339. The van der Waals surface area contributed by atoms with Gasteiger partial charge in [0.2, 0.25) is 0 Å². The molecular formula is C14H30N4O2S. The molecule has 2 aliphatic rings. The highest BCUT2D eigenvalue weighted by molar-refractivity contribution is 7.86. The second-order valence-corrected chi connectivity index (χ2v) is 8.26. The molecule has 0 aliphatic carbocycles. The van der Waals surface area contributed by atoms with Crippen molar-refractivity contribution in [2.75, 3.05) is 53.4 Å². The smallest absolute Gasteiger partial charge is 0.282 e. The van der Waals surface area contributed by atoms with Gasteiger partial charge in [-0.15, -0.1) is 0 Å². The van der Waals surface area contributed by atoms with Gasteiger partial charge in [-0.25, -0.2) is 0 Å². The van der Waals surface area contributed by atoms with Gasteiger partial charge in [0.15, 0.2) is 0 Å². The molecule has 0 radical (unpaired) electrons. The Bertz CT molecular complexity index is 427. The van der Waals surface area contributed by atoms with Gasteiger partial charge in [0.25, 0.3) is 10.2 Å². The highest BCUT2D eigenvalue weighted by atomic mass is 32.2. The number of piperidine rings is 1. The zero-order valence-corrected chi connectivity index (χ0v) is 14.4. The van der Waals surface area contributed by atoms with Gasteiger partial charge >= 0.3 is 0 Å². The molecule has 6 nitrogen and oxygen atoms in total. The molecule has 0 aromatic heterocycles. The van der Waals surface area contributed by atoms with Gasteiger partial charge in [0.1, 0.15) is 0 Å². The summed E-state index contributed by atoms with van der Waals surface area (Å²) in [5.41, 5.74) is 0. The van der Waals surface area contributed by atoms with Crippen LogP contribution in [0, 0.1) is 5.92 Å². The lowest BCUT2D eigenvalue weighted by Crippen LogP contribution is -2.57. The van der Waals surface area contributed by atoms with E-state index in [4.69, 9.17) is 0 Å². The van der Waals surface area contributed by atoms with Crippen LogP contribution < -0.4 is 5.32 Å². The molecule has 2 saturated heterocycles. The molecule has 0 amide bonds. The van der Waals surface area contributed by atoms with Gasteiger partial charge in [0, 0.05) is 38.8 Å². The molecule has 7 heteroatoms. The zero-order valence-electron chi connectivity index (χ0n) is 13.6. The Kier molecular flexibility index (Phi) is 6.02. The van der Waals surface area contributed by atoms with Crippen molar-refractivity contribution in [3.63, 3.8) is 0 Å². The number of likely N-dealkylation sites (N-methyl/N-ethyl adjacent to an activating group) is 1. The molecule has 0 saturated carbocycles. The third-order valence-electron chi connectivity index (χ3n) is 4.84. The summed E-state index contributed by atoms with van der Waals surface area (Å²) in [5, 5.41) is 3.17. The van der Waals surface area contributed by atoms with Crippen LogP contribution in [0.15, 0.2) is 0 Å². The first-order valence-electron chi connectivity index (χ1n) is 8.09. The molecule has 21 heavy (non-hydrogen) atoms. The Morgan fingerprint density at radius 1 is 1.14 bits per heavy atom. The molecule has 2 rings (SSSR count). The maximum absolute atomic E-state index is 12.9. The second kappa shape index (κ2) is 7.37. The Hall–Kier alpha value is -0.210. The van der Waals surface area contributed by atoms with Gasteiger partial charge < -0.3 is 10.2 Å². The number of hydrogen-bond donors (Lipinski definition) is 1. The van der Waals surface area contributed by atoms with Crippen LogP contribution in [0.1, 0.15) is 26.2 Å². The summed E-state index contributed by atoms with van der Waals surface area (Å²) in [6.07, 6.45) is 3.08. The van der Waals surface area contributed by atoms with E-state index in [9.17, 15) is 8.42 Å². The second-order valence-electron chi connectivity index (χ2n) is 6.33. The van der Waals surface area contributed by atoms with Crippen molar-refractivity contribution < 1.29 is 8.42 Å².